The van der Waals surface area contributed by atoms with Crippen LogP contribution in [0.15, 0.2) is 22.8 Å². The lowest BCUT2D eigenvalue weighted by atomic mass is 9.77. The van der Waals surface area contributed by atoms with E-state index in [4.69, 9.17) is 13.9 Å². The average Bonchev–Trinajstić information content (AvgIpc) is 3.28. The maximum atomic E-state index is 13.1. The number of ketones is 3. The van der Waals surface area contributed by atoms with Crippen LogP contribution < -0.4 is 0 Å². The molecule has 0 saturated carbocycles. The molecule has 0 amide bonds. The predicted molar refractivity (Wildman–Crippen MR) is 95.5 cm³/mol. The van der Waals surface area contributed by atoms with Crippen LogP contribution in [0.3, 0.4) is 0 Å². The van der Waals surface area contributed by atoms with Gasteiger partial charge in [-0.3, -0.25) is 14.4 Å². The van der Waals surface area contributed by atoms with Crippen LogP contribution in [0.5, 0.6) is 0 Å². The summed E-state index contributed by atoms with van der Waals surface area (Å²) in [6.45, 7) is 1.95. The van der Waals surface area contributed by atoms with Gasteiger partial charge in [-0.15, -0.1) is 0 Å². The van der Waals surface area contributed by atoms with Crippen LogP contribution in [0.25, 0.3) is 0 Å². The number of benzene rings is 1. The lowest BCUT2D eigenvalue weighted by molar-refractivity contribution is -0.0993. The molecule has 0 spiro atoms. The van der Waals surface area contributed by atoms with E-state index in [-0.39, 0.29) is 35.4 Å². The van der Waals surface area contributed by atoms with Gasteiger partial charge in [-0.25, -0.2) is 0 Å². The fraction of sp³-hybridized carbons (Fsp3) is 0.381. The van der Waals surface area contributed by atoms with E-state index in [0.717, 1.165) is 11.1 Å². The Balaban J connectivity index is 1.78. The van der Waals surface area contributed by atoms with Crippen LogP contribution >= 0.6 is 0 Å². The maximum Gasteiger partial charge on any atom is 0.229 e. The number of hydrogen-bond acceptors (Lipinski definition) is 6. The van der Waals surface area contributed by atoms with E-state index in [9.17, 15) is 14.4 Å². The van der Waals surface area contributed by atoms with E-state index in [1.165, 1.54) is 20.5 Å². The summed E-state index contributed by atoms with van der Waals surface area (Å²) >= 11 is 0. The Morgan fingerprint density at radius 2 is 1.96 bits per heavy atom. The number of hydrogen-bond donors (Lipinski definition) is 0. The van der Waals surface area contributed by atoms with Crippen molar-refractivity contribution in [2.75, 3.05) is 14.2 Å². The minimum absolute atomic E-state index is 0.0332. The van der Waals surface area contributed by atoms with Crippen molar-refractivity contribution in [3.8, 4) is 0 Å². The SMILES string of the molecule is COC(CC(=O)c1coc2c1C(C)c1ccc3c(c1C2=O)CCC3=O)OC. The van der Waals surface area contributed by atoms with Gasteiger partial charge in [0, 0.05) is 43.2 Å². The van der Waals surface area contributed by atoms with Gasteiger partial charge in [0.15, 0.2) is 23.6 Å². The summed E-state index contributed by atoms with van der Waals surface area (Å²) in [6, 6.07) is 3.63. The van der Waals surface area contributed by atoms with E-state index < -0.39 is 6.29 Å². The Hall–Kier alpha value is -2.57. The molecule has 4 rings (SSSR count). The number of rotatable bonds is 5. The van der Waals surface area contributed by atoms with Crippen LogP contribution in [-0.2, 0) is 15.9 Å². The van der Waals surface area contributed by atoms with Crippen LogP contribution in [0.2, 0.25) is 0 Å². The standard InChI is InChI=1S/C21H20O6/c1-10-11-4-5-12-13(6-7-15(12)22)19(11)20(24)21-18(10)14(9-27-21)16(23)8-17(25-2)26-3/h4-5,9-10,17H,6-8H2,1-3H3. The second-order valence-corrected chi connectivity index (χ2v) is 6.95. The highest BCUT2D eigenvalue weighted by Crippen LogP contribution is 2.43. The molecule has 1 unspecified atom stereocenters. The molecule has 0 N–H and O–H groups in total. The molecule has 1 atom stereocenters. The monoisotopic (exact) mass is 368 g/mol. The second-order valence-electron chi connectivity index (χ2n) is 6.95. The fourth-order valence-electron chi connectivity index (χ4n) is 4.17. The first kappa shape index (κ1) is 17.8. The van der Waals surface area contributed by atoms with E-state index >= 15 is 0 Å². The topological polar surface area (TPSA) is 82.8 Å². The molecule has 0 bridgehead atoms. The van der Waals surface area contributed by atoms with Gasteiger partial charge in [-0.05, 0) is 17.5 Å². The number of furan rings is 1. The first-order valence-corrected chi connectivity index (χ1v) is 8.91. The van der Waals surface area contributed by atoms with Crippen molar-refractivity contribution in [2.45, 2.75) is 38.4 Å². The minimum Gasteiger partial charge on any atom is -0.460 e. The Bertz CT molecular complexity index is 963. The number of fused-ring (bicyclic) bond motifs is 4. The summed E-state index contributed by atoms with van der Waals surface area (Å²) in [5.41, 5.74) is 3.83. The smallest absolute Gasteiger partial charge is 0.229 e. The van der Waals surface area contributed by atoms with Crippen molar-refractivity contribution in [1.82, 2.24) is 0 Å². The Morgan fingerprint density at radius 3 is 2.67 bits per heavy atom. The predicted octanol–water partition coefficient (Wildman–Crippen LogP) is 3.30. The Kier molecular flexibility index (Phi) is 4.32. The van der Waals surface area contributed by atoms with E-state index in [0.29, 0.717) is 35.1 Å². The highest BCUT2D eigenvalue weighted by Gasteiger charge is 2.39. The molecule has 0 fully saturated rings. The summed E-state index contributed by atoms with van der Waals surface area (Å²) in [5, 5.41) is 0. The van der Waals surface area contributed by atoms with Gasteiger partial charge in [-0.1, -0.05) is 19.1 Å². The molecule has 0 aliphatic heterocycles. The number of carbonyl (C=O) groups excluding carboxylic acids is 3. The van der Waals surface area contributed by atoms with Crippen LogP contribution in [0.1, 0.15) is 79.2 Å². The molecule has 2 aromatic rings. The minimum atomic E-state index is -0.654. The van der Waals surface area contributed by atoms with Crippen LogP contribution in [0.4, 0.5) is 0 Å². The van der Waals surface area contributed by atoms with Gasteiger partial charge in [0.2, 0.25) is 5.78 Å². The lowest BCUT2D eigenvalue weighted by Crippen LogP contribution is -2.22. The molecule has 1 aromatic carbocycles. The van der Waals surface area contributed by atoms with Gasteiger partial charge in [-0.2, -0.15) is 0 Å². The lowest BCUT2D eigenvalue weighted by Gasteiger charge is -2.24. The van der Waals surface area contributed by atoms with Crippen molar-refractivity contribution in [3.63, 3.8) is 0 Å². The van der Waals surface area contributed by atoms with Crippen molar-refractivity contribution in [2.24, 2.45) is 0 Å². The maximum absolute atomic E-state index is 13.1. The molecule has 6 nitrogen and oxygen atoms in total. The molecular weight excluding hydrogens is 348 g/mol. The normalized spacial score (nSPS) is 17.9. The van der Waals surface area contributed by atoms with E-state index in [2.05, 4.69) is 0 Å². The zero-order chi connectivity index (χ0) is 19.3. The third kappa shape index (κ3) is 2.59. The molecule has 1 aromatic heterocycles. The van der Waals surface area contributed by atoms with Gasteiger partial charge >= 0.3 is 0 Å². The summed E-state index contributed by atoms with van der Waals surface area (Å²) in [6.07, 6.45) is 1.73. The number of carbonyl (C=O) groups is 3. The van der Waals surface area contributed by atoms with E-state index in [1.54, 1.807) is 6.07 Å². The fourth-order valence-corrected chi connectivity index (χ4v) is 4.17. The van der Waals surface area contributed by atoms with Crippen molar-refractivity contribution in [3.05, 3.63) is 57.5 Å². The molecular formula is C21H20O6. The molecule has 0 saturated heterocycles. The first-order valence-electron chi connectivity index (χ1n) is 8.91. The summed E-state index contributed by atoms with van der Waals surface area (Å²) in [5.74, 6) is -0.376. The van der Waals surface area contributed by atoms with E-state index in [1.807, 2.05) is 13.0 Å². The second kappa shape index (κ2) is 6.55. The van der Waals surface area contributed by atoms with Crippen LogP contribution in [0, 0.1) is 0 Å². The van der Waals surface area contributed by atoms with Crippen molar-refractivity contribution in [1.29, 1.82) is 0 Å². The zero-order valence-electron chi connectivity index (χ0n) is 15.5. The number of ether oxygens (including phenoxy) is 2. The Morgan fingerprint density at radius 1 is 1.22 bits per heavy atom. The Labute approximate surface area is 156 Å². The average molecular weight is 368 g/mol. The van der Waals surface area contributed by atoms with Crippen molar-refractivity contribution >= 4 is 17.3 Å². The third-order valence-electron chi connectivity index (χ3n) is 5.59. The molecule has 6 heteroatoms. The number of Topliss-reactive ketones (excluding diaryl/α,β-unsaturated/α-hetero) is 2. The molecule has 27 heavy (non-hydrogen) atoms. The van der Waals surface area contributed by atoms with Gasteiger partial charge in [0.25, 0.3) is 0 Å². The molecule has 1 heterocycles. The first-order chi connectivity index (χ1) is 13.0. The van der Waals surface area contributed by atoms with Gasteiger partial charge in [0.1, 0.15) is 6.26 Å². The zero-order valence-corrected chi connectivity index (χ0v) is 15.5. The van der Waals surface area contributed by atoms with Gasteiger partial charge < -0.3 is 13.9 Å². The summed E-state index contributed by atoms with van der Waals surface area (Å²) in [7, 11) is 2.94. The third-order valence-corrected chi connectivity index (χ3v) is 5.59. The molecule has 0 radical (unpaired) electrons. The molecule has 140 valence electrons. The molecule has 2 aliphatic carbocycles. The van der Waals surface area contributed by atoms with Gasteiger partial charge in [0.05, 0.1) is 12.0 Å². The molecule has 2 aliphatic rings. The van der Waals surface area contributed by atoms with Crippen LogP contribution in [-0.4, -0.2) is 37.9 Å². The quantitative estimate of drug-likeness (QED) is 0.595. The van der Waals surface area contributed by atoms with Crippen molar-refractivity contribution < 1.29 is 28.3 Å². The summed E-state index contributed by atoms with van der Waals surface area (Å²) in [4.78, 5) is 37.9. The number of methoxy groups -OCH3 is 2. The largest absolute Gasteiger partial charge is 0.460 e. The highest BCUT2D eigenvalue weighted by atomic mass is 16.7. The highest BCUT2D eigenvalue weighted by molar-refractivity contribution is 6.16. The summed E-state index contributed by atoms with van der Waals surface area (Å²) < 4.78 is 15.8.